The summed E-state index contributed by atoms with van der Waals surface area (Å²) < 4.78 is 68.7. The van der Waals surface area contributed by atoms with Crippen LogP contribution in [0, 0.1) is 0 Å². The third-order valence-electron chi connectivity index (χ3n) is 16.4. The molecule has 0 aliphatic carbocycles. The Balaban J connectivity index is 5.54. The zero-order valence-corrected chi connectivity index (χ0v) is 70.8. The smallest absolute Gasteiger partial charge is 0.462 e. The molecular formula is C93H146O17P2. The minimum atomic E-state index is -5.02. The van der Waals surface area contributed by atoms with Crippen LogP contribution in [0.25, 0.3) is 0 Å². The number of carbonyl (C=O) groups is 4. The molecule has 0 aliphatic rings. The van der Waals surface area contributed by atoms with Crippen LogP contribution in [0.4, 0.5) is 0 Å². The van der Waals surface area contributed by atoms with Crippen molar-refractivity contribution in [2.75, 3.05) is 39.6 Å². The van der Waals surface area contributed by atoms with E-state index in [1.165, 1.54) is 0 Å². The molecule has 0 aromatic heterocycles. The standard InChI is InChI=1S/C93H146O17P2/c1-5-9-13-17-21-25-29-33-37-41-43-47-50-54-58-62-66-70-74-78-91(96)104-84-89(110-93(98)80-76-72-68-64-60-56-52-48-44-42-38-34-30-26-22-18-14-10-6-2)86-108-112(101,102)106-82-87(94)81-105-111(99,100)107-85-88(109-92(97)79-75-71-67-63-59-55-51-46-40-36-32-28-24-20-16-12-8-4)83-103-90(95)77-73-69-65-61-57-53-49-45-39-35-31-27-23-19-15-11-7-3/h9-16,21-28,33-40,43-44,47-49,51,53-55,58,61,65,87-89,94H,5-8,17-20,29-32,41-42,45-46,50,52,56-57,59-60,62-64,66-86H2,1-4H3,(H,99,100)(H,101,102)/b13-9-,14-10-,15-11-,16-12-,25-21-,26-22-,27-23-,28-24-,37-33-,38-34-,39-35-,40-36-,47-43-,48-44-,53-49-,55-51-,58-54-,65-61-. The molecule has 0 radical (unpaired) electrons. The first-order valence-electron chi connectivity index (χ1n) is 42.0. The summed E-state index contributed by atoms with van der Waals surface area (Å²) in [5.74, 6) is -2.35. The number of aliphatic hydroxyl groups excluding tert-OH is 1. The van der Waals surface area contributed by atoms with Crippen LogP contribution < -0.4 is 0 Å². The molecule has 0 heterocycles. The van der Waals surface area contributed by atoms with Gasteiger partial charge in [-0.15, -0.1) is 0 Å². The van der Waals surface area contributed by atoms with E-state index in [2.05, 4.69) is 234 Å². The van der Waals surface area contributed by atoms with Crippen LogP contribution in [-0.2, 0) is 65.4 Å². The zero-order chi connectivity index (χ0) is 81.7. The number of unbranched alkanes of at least 4 members (excludes halogenated alkanes) is 14. The fourth-order valence-electron chi connectivity index (χ4n) is 10.2. The van der Waals surface area contributed by atoms with Gasteiger partial charge in [0.2, 0.25) is 0 Å². The highest BCUT2D eigenvalue weighted by Gasteiger charge is 2.30. The average molecular weight is 1600 g/mol. The molecule has 112 heavy (non-hydrogen) atoms. The quantitative estimate of drug-likeness (QED) is 0.0169. The predicted octanol–water partition coefficient (Wildman–Crippen LogP) is 25.2. The van der Waals surface area contributed by atoms with E-state index in [0.29, 0.717) is 32.1 Å². The van der Waals surface area contributed by atoms with Gasteiger partial charge in [-0.3, -0.25) is 37.3 Å². The number of hydrogen-bond acceptors (Lipinski definition) is 15. The first kappa shape index (κ1) is 105. The molecule has 0 bridgehead atoms. The van der Waals surface area contributed by atoms with E-state index in [4.69, 9.17) is 37.0 Å². The van der Waals surface area contributed by atoms with Gasteiger partial charge in [-0.2, -0.15) is 0 Å². The van der Waals surface area contributed by atoms with Crippen LogP contribution in [-0.4, -0.2) is 96.7 Å². The molecule has 0 fully saturated rings. The van der Waals surface area contributed by atoms with Gasteiger partial charge in [-0.25, -0.2) is 9.13 Å². The average Bonchev–Trinajstić information content (AvgIpc) is 0.898. The maximum Gasteiger partial charge on any atom is 0.472 e. The van der Waals surface area contributed by atoms with E-state index in [-0.39, 0.29) is 25.7 Å². The highest BCUT2D eigenvalue weighted by Crippen LogP contribution is 2.45. The van der Waals surface area contributed by atoms with Gasteiger partial charge in [0.15, 0.2) is 12.2 Å². The summed E-state index contributed by atoms with van der Waals surface area (Å²) in [6.07, 6.45) is 105. The predicted molar refractivity (Wildman–Crippen MR) is 463 cm³/mol. The summed E-state index contributed by atoms with van der Waals surface area (Å²) in [6.45, 7) is 4.25. The first-order chi connectivity index (χ1) is 54.7. The van der Waals surface area contributed by atoms with Gasteiger partial charge in [0, 0.05) is 25.7 Å². The molecule has 3 N–H and O–H groups in total. The summed E-state index contributed by atoms with van der Waals surface area (Å²) in [7, 11) is -10.0. The lowest BCUT2D eigenvalue weighted by Gasteiger charge is -2.21. The Kier molecular flexibility index (Phi) is 77.5. The Bertz CT molecular complexity index is 2990. The third-order valence-corrected chi connectivity index (χ3v) is 18.3. The van der Waals surface area contributed by atoms with Crippen molar-refractivity contribution in [1.82, 2.24) is 0 Å². The molecule has 630 valence electrons. The number of hydrogen-bond donors (Lipinski definition) is 3. The molecule has 0 spiro atoms. The van der Waals surface area contributed by atoms with E-state index in [0.717, 1.165) is 199 Å². The lowest BCUT2D eigenvalue weighted by atomic mass is 10.1. The van der Waals surface area contributed by atoms with Crippen LogP contribution in [0.2, 0.25) is 0 Å². The summed E-state index contributed by atoms with van der Waals surface area (Å²) in [5, 5.41) is 10.7. The monoisotopic (exact) mass is 1600 g/mol. The van der Waals surface area contributed by atoms with E-state index < -0.39 is 97.5 Å². The van der Waals surface area contributed by atoms with Crippen LogP contribution in [0.15, 0.2) is 219 Å². The number of esters is 4. The van der Waals surface area contributed by atoms with Gasteiger partial charge in [0.05, 0.1) is 26.4 Å². The van der Waals surface area contributed by atoms with Crippen LogP contribution in [0.3, 0.4) is 0 Å². The Morgan fingerprint density at radius 3 is 0.714 bits per heavy atom. The van der Waals surface area contributed by atoms with Gasteiger partial charge < -0.3 is 33.8 Å². The third kappa shape index (κ3) is 81.4. The number of aliphatic hydroxyl groups is 1. The highest BCUT2D eigenvalue weighted by molar-refractivity contribution is 7.47. The van der Waals surface area contributed by atoms with Gasteiger partial charge in [-0.05, 0) is 186 Å². The minimum absolute atomic E-state index is 0.0444. The molecule has 0 saturated heterocycles. The largest absolute Gasteiger partial charge is 0.472 e. The second-order valence-electron chi connectivity index (χ2n) is 26.9. The molecule has 0 aliphatic heterocycles. The lowest BCUT2D eigenvalue weighted by Crippen LogP contribution is -2.30. The molecule has 0 amide bonds. The Morgan fingerprint density at radius 1 is 0.250 bits per heavy atom. The van der Waals surface area contributed by atoms with Crippen LogP contribution >= 0.6 is 15.6 Å². The molecule has 0 aromatic carbocycles. The number of phosphoric ester groups is 2. The lowest BCUT2D eigenvalue weighted by molar-refractivity contribution is -0.161. The van der Waals surface area contributed by atoms with Gasteiger partial charge in [-0.1, -0.05) is 291 Å². The molecular weight excluding hydrogens is 1450 g/mol. The van der Waals surface area contributed by atoms with E-state index >= 15 is 0 Å². The number of ether oxygens (including phenoxy) is 4. The fourth-order valence-corrected chi connectivity index (χ4v) is 11.8. The SMILES string of the molecule is CC/C=C\C/C=C\C/C=C\C/C=C\C/C=C\CCCCCC(=O)OCC(COP(=O)(O)OCC(O)COP(=O)(O)OCC(COC(=O)CCC/C=C\C/C=C\C/C=C\C/C=C\C/C=C\CC)OC(=O)CCCCCC/C=C\C/C=C\C/C=C\C/C=C\CC)OC(=O)CCCCCCCC/C=C\C/C=C\C/C=C\C/C=C\CC. The normalized spacial score (nSPS) is 14.9. The highest BCUT2D eigenvalue weighted by atomic mass is 31.2. The molecule has 5 atom stereocenters. The van der Waals surface area contributed by atoms with E-state index in [9.17, 15) is 43.2 Å². The molecule has 0 saturated carbocycles. The number of phosphoric acid groups is 2. The van der Waals surface area contributed by atoms with Crippen molar-refractivity contribution in [1.29, 1.82) is 0 Å². The molecule has 0 aromatic rings. The second-order valence-corrected chi connectivity index (χ2v) is 29.8. The summed E-state index contributed by atoms with van der Waals surface area (Å²) in [4.78, 5) is 73.3. The Hall–Kier alpha value is -6.62. The second kappa shape index (κ2) is 82.4. The first-order valence-corrected chi connectivity index (χ1v) is 45.0. The minimum Gasteiger partial charge on any atom is -0.462 e. The topological polar surface area (TPSA) is 237 Å². The van der Waals surface area contributed by atoms with Crippen molar-refractivity contribution in [2.24, 2.45) is 0 Å². The van der Waals surface area contributed by atoms with Crippen molar-refractivity contribution >= 4 is 39.5 Å². The molecule has 0 rings (SSSR count). The molecule has 17 nitrogen and oxygen atoms in total. The van der Waals surface area contributed by atoms with Crippen molar-refractivity contribution in [3.05, 3.63) is 219 Å². The Labute approximate surface area is 677 Å². The van der Waals surface area contributed by atoms with Crippen molar-refractivity contribution in [3.8, 4) is 0 Å². The van der Waals surface area contributed by atoms with E-state index in [1.807, 2.05) is 12.2 Å². The van der Waals surface area contributed by atoms with Gasteiger partial charge >= 0.3 is 39.5 Å². The summed E-state index contributed by atoms with van der Waals surface area (Å²) in [5.41, 5.74) is 0. The van der Waals surface area contributed by atoms with Crippen molar-refractivity contribution in [3.63, 3.8) is 0 Å². The van der Waals surface area contributed by atoms with Crippen molar-refractivity contribution in [2.45, 2.75) is 303 Å². The maximum atomic E-state index is 13.2. The summed E-state index contributed by atoms with van der Waals surface area (Å²) >= 11 is 0. The Morgan fingerprint density at radius 2 is 0.446 bits per heavy atom. The van der Waals surface area contributed by atoms with Gasteiger partial charge in [0.1, 0.15) is 19.3 Å². The van der Waals surface area contributed by atoms with Crippen LogP contribution in [0.5, 0.6) is 0 Å². The van der Waals surface area contributed by atoms with Gasteiger partial charge in [0.25, 0.3) is 0 Å². The van der Waals surface area contributed by atoms with E-state index in [1.54, 1.807) is 0 Å². The fraction of sp³-hybridized carbons (Fsp3) is 0.570. The molecule has 19 heteroatoms. The number of allylic oxidation sites excluding steroid dienone is 36. The van der Waals surface area contributed by atoms with Crippen LogP contribution in [0.1, 0.15) is 285 Å². The number of rotatable bonds is 76. The maximum absolute atomic E-state index is 13.2. The number of carbonyl (C=O) groups excluding carboxylic acids is 4. The summed E-state index contributed by atoms with van der Waals surface area (Å²) in [6, 6.07) is 0. The van der Waals surface area contributed by atoms with Crippen molar-refractivity contribution < 1.29 is 80.2 Å². The zero-order valence-electron chi connectivity index (χ0n) is 69.0. The molecule has 5 unspecified atom stereocenters.